The van der Waals surface area contributed by atoms with Gasteiger partial charge in [0, 0.05) is 6.20 Å². The smallest absolute Gasteiger partial charge is 0.284 e. The van der Waals surface area contributed by atoms with Crippen LogP contribution in [0.15, 0.2) is 24.8 Å². The summed E-state index contributed by atoms with van der Waals surface area (Å²) >= 11 is 0. The van der Waals surface area contributed by atoms with Crippen molar-refractivity contribution in [3.05, 3.63) is 36.0 Å². The number of carbonyl (C=O) groups excluding carboxylic acids is 1. The fourth-order valence-corrected chi connectivity index (χ4v) is 3.67. The molecule has 0 aromatic carbocycles. The van der Waals surface area contributed by atoms with Gasteiger partial charge >= 0.3 is 0 Å². The molecule has 0 atom stereocenters. The zero-order valence-electron chi connectivity index (χ0n) is 16.2. The number of carbonyl (C=O) groups is 1. The molecule has 8 nitrogen and oxygen atoms in total. The fourth-order valence-electron chi connectivity index (χ4n) is 3.67. The van der Waals surface area contributed by atoms with Gasteiger partial charge in [-0.1, -0.05) is 6.92 Å². The topological polar surface area (TPSA) is 86.3 Å². The summed E-state index contributed by atoms with van der Waals surface area (Å²) in [5.41, 5.74) is 0.0576. The van der Waals surface area contributed by atoms with E-state index >= 15 is 0 Å². The minimum Gasteiger partial charge on any atom is -0.494 e. The second-order valence-electron chi connectivity index (χ2n) is 7.40. The van der Waals surface area contributed by atoms with Crippen molar-refractivity contribution >= 4 is 17.2 Å². The summed E-state index contributed by atoms with van der Waals surface area (Å²) in [6, 6.07) is 0.0699. The average Bonchev–Trinajstić information content (AvgIpc) is 3.32. The van der Waals surface area contributed by atoms with Crippen molar-refractivity contribution in [1.29, 1.82) is 0 Å². The number of hydrogen-bond acceptors (Lipinski definition) is 5. The highest BCUT2D eigenvalue weighted by Gasteiger charge is 2.26. The Morgan fingerprint density at radius 2 is 2.00 bits per heavy atom. The van der Waals surface area contributed by atoms with Crippen LogP contribution in [-0.4, -0.2) is 37.4 Å². The predicted molar refractivity (Wildman–Crippen MR) is 101 cm³/mol. The number of ether oxygens (including phenoxy) is 1. The number of nitrogens with one attached hydrogen (secondary N) is 1. The number of anilines is 1. The SMILES string of the molecule is COc1cnc2c(C(=O)Nc3cn([C@H]4CC[C@H](C)CC4)nc3C(F)F)cnn2c1. The van der Waals surface area contributed by atoms with Gasteiger partial charge in [0.1, 0.15) is 5.56 Å². The molecule has 0 radical (unpaired) electrons. The van der Waals surface area contributed by atoms with Gasteiger partial charge in [-0.2, -0.15) is 10.2 Å². The Kier molecular flexibility index (Phi) is 5.16. The maximum absolute atomic E-state index is 13.5. The molecule has 4 rings (SSSR count). The fraction of sp³-hybridized carbons (Fsp3) is 0.474. The van der Waals surface area contributed by atoms with E-state index in [0.29, 0.717) is 17.3 Å². The molecule has 1 aliphatic carbocycles. The third-order valence-corrected chi connectivity index (χ3v) is 5.39. The van der Waals surface area contributed by atoms with Gasteiger partial charge in [0.15, 0.2) is 17.1 Å². The Bertz CT molecular complexity index is 1020. The molecular weight excluding hydrogens is 382 g/mol. The Hall–Kier alpha value is -3.04. The summed E-state index contributed by atoms with van der Waals surface area (Å²) in [5.74, 6) is 0.546. The lowest BCUT2D eigenvalue weighted by molar-refractivity contribution is 0.102. The first kappa shape index (κ1) is 19.3. The molecule has 1 aliphatic rings. The molecule has 10 heteroatoms. The highest BCUT2D eigenvalue weighted by atomic mass is 19.3. The molecule has 3 heterocycles. The highest BCUT2D eigenvalue weighted by molar-refractivity contribution is 6.08. The zero-order chi connectivity index (χ0) is 20.5. The average molecular weight is 404 g/mol. The third kappa shape index (κ3) is 3.79. The van der Waals surface area contributed by atoms with Crippen molar-refractivity contribution in [2.75, 3.05) is 12.4 Å². The number of nitrogens with zero attached hydrogens (tertiary/aromatic N) is 5. The first-order valence-corrected chi connectivity index (χ1v) is 9.52. The monoisotopic (exact) mass is 404 g/mol. The number of alkyl halides is 2. The summed E-state index contributed by atoms with van der Waals surface area (Å²) in [5, 5.41) is 10.7. The molecule has 0 saturated heterocycles. The first-order chi connectivity index (χ1) is 14.0. The van der Waals surface area contributed by atoms with Gasteiger partial charge in [-0.15, -0.1) is 0 Å². The summed E-state index contributed by atoms with van der Waals surface area (Å²) in [7, 11) is 1.50. The van der Waals surface area contributed by atoms with E-state index in [1.165, 1.54) is 30.2 Å². The minimum absolute atomic E-state index is 0.0106. The quantitative estimate of drug-likeness (QED) is 0.698. The van der Waals surface area contributed by atoms with E-state index in [0.717, 1.165) is 25.7 Å². The van der Waals surface area contributed by atoms with Gasteiger partial charge in [0.05, 0.1) is 37.4 Å². The lowest BCUT2D eigenvalue weighted by Crippen LogP contribution is -2.17. The van der Waals surface area contributed by atoms with Gasteiger partial charge in [-0.3, -0.25) is 9.48 Å². The molecule has 0 unspecified atom stereocenters. The molecule has 3 aromatic heterocycles. The van der Waals surface area contributed by atoms with Crippen LogP contribution < -0.4 is 10.1 Å². The highest BCUT2D eigenvalue weighted by Crippen LogP contribution is 2.34. The van der Waals surface area contributed by atoms with Crippen LogP contribution in [0.3, 0.4) is 0 Å². The Labute approximate surface area is 165 Å². The summed E-state index contributed by atoms with van der Waals surface area (Å²) in [6.07, 6.45) is 6.93. The second kappa shape index (κ2) is 7.76. The summed E-state index contributed by atoms with van der Waals surface area (Å²) in [4.78, 5) is 16.9. The summed E-state index contributed by atoms with van der Waals surface area (Å²) in [6.45, 7) is 2.19. The molecular formula is C19H22F2N6O2. The number of methoxy groups -OCH3 is 1. The van der Waals surface area contributed by atoms with Crippen LogP contribution >= 0.6 is 0 Å². The van der Waals surface area contributed by atoms with E-state index < -0.39 is 18.0 Å². The molecule has 1 amide bonds. The normalized spacial score (nSPS) is 19.6. The van der Waals surface area contributed by atoms with E-state index in [4.69, 9.17) is 4.74 Å². The Balaban J connectivity index is 1.59. The van der Waals surface area contributed by atoms with Gasteiger partial charge in [0.2, 0.25) is 0 Å². The lowest BCUT2D eigenvalue weighted by Gasteiger charge is -2.26. The van der Waals surface area contributed by atoms with E-state index in [1.54, 1.807) is 10.9 Å². The van der Waals surface area contributed by atoms with Crippen molar-refractivity contribution in [1.82, 2.24) is 24.4 Å². The largest absolute Gasteiger partial charge is 0.494 e. The lowest BCUT2D eigenvalue weighted by atomic mass is 9.87. The number of halogens is 2. The third-order valence-electron chi connectivity index (χ3n) is 5.39. The van der Waals surface area contributed by atoms with E-state index in [9.17, 15) is 13.6 Å². The van der Waals surface area contributed by atoms with E-state index in [1.807, 2.05) is 0 Å². The number of hydrogen-bond donors (Lipinski definition) is 1. The standard InChI is InChI=1S/C19H22F2N6O2/c1-11-3-5-12(6-4-11)26-10-15(16(25-26)17(20)21)24-19(28)14-8-23-27-9-13(29-2)7-22-18(14)27/h7-12,17H,3-6H2,1-2H3,(H,24,28)/t11-,12-. The van der Waals surface area contributed by atoms with Crippen molar-refractivity contribution < 1.29 is 18.3 Å². The summed E-state index contributed by atoms with van der Waals surface area (Å²) < 4.78 is 35.1. The van der Waals surface area contributed by atoms with Crippen molar-refractivity contribution in [3.63, 3.8) is 0 Å². The molecule has 0 bridgehead atoms. The van der Waals surface area contributed by atoms with Gasteiger partial charge < -0.3 is 10.1 Å². The van der Waals surface area contributed by atoms with Crippen molar-refractivity contribution in [2.24, 2.45) is 5.92 Å². The van der Waals surface area contributed by atoms with Crippen molar-refractivity contribution in [2.45, 2.75) is 45.1 Å². The van der Waals surface area contributed by atoms with Crippen LogP contribution in [0.1, 0.15) is 61.1 Å². The minimum atomic E-state index is -2.79. The van der Waals surface area contributed by atoms with Gasteiger partial charge in [0.25, 0.3) is 12.3 Å². The van der Waals surface area contributed by atoms with Crippen molar-refractivity contribution in [3.8, 4) is 5.75 Å². The maximum Gasteiger partial charge on any atom is 0.284 e. The Morgan fingerprint density at radius 1 is 1.24 bits per heavy atom. The van der Waals surface area contributed by atoms with Crippen LogP contribution in [0.4, 0.5) is 14.5 Å². The predicted octanol–water partition coefficient (Wildman–Crippen LogP) is 3.88. The number of rotatable bonds is 5. The molecule has 0 aliphatic heterocycles. The molecule has 1 saturated carbocycles. The van der Waals surface area contributed by atoms with E-state index in [2.05, 4.69) is 27.4 Å². The van der Waals surface area contributed by atoms with Gasteiger partial charge in [-0.05, 0) is 31.6 Å². The van der Waals surface area contributed by atoms with Gasteiger partial charge in [-0.25, -0.2) is 18.3 Å². The number of amides is 1. The second-order valence-corrected chi connectivity index (χ2v) is 7.40. The van der Waals surface area contributed by atoms with Crippen LogP contribution in [-0.2, 0) is 0 Å². The first-order valence-electron chi connectivity index (χ1n) is 9.52. The van der Waals surface area contributed by atoms with Crippen LogP contribution in [0.25, 0.3) is 5.65 Å². The maximum atomic E-state index is 13.5. The van der Waals surface area contributed by atoms with E-state index in [-0.39, 0.29) is 17.3 Å². The van der Waals surface area contributed by atoms with Crippen LogP contribution in [0.2, 0.25) is 0 Å². The Morgan fingerprint density at radius 3 is 2.69 bits per heavy atom. The number of aromatic nitrogens is 5. The van der Waals surface area contributed by atoms with Crippen LogP contribution in [0, 0.1) is 5.92 Å². The number of fused-ring (bicyclic) bond motifs is 1. The molecule has 154 valence electrons. The molecule has 29 heavy (non-hydrogen) atoms. The molecule has 1 N–H and O–H groups in total. The molecule has 0 spiro atoms. The van der Waals surface area contributed by atoms with Crippen LogP contribution in [0.5, 0.6) is 5.75 Å². The zero-order valence-corrected chi connectivity index (χ0v) is 16.2. The molecule has 1 fully saturated rings. The molecule has 3 aromatic rings.